The van der Waals surface area contributed by atoms with Gasteiger partial charge in [0.25, 0.3) is 5.91 Å². The molecule has 1 aromatic heterocycles. The number of hydrogen-bond donors (Lipinski definition) is 4. The van der Waals surface area contributed by atoms with Gasteiger partial charge in [0.15, 0.2) is 0 Å². The van der Waals surface area contributed by atoms with E-state index in [2.05, 4.69) is 29.5 Å². The molecule has 0 spiro atoms. The molecule has 0 saturated heterocycles. The lowest BCUT2D eigenvalue weighted by molar-refractivity contribution is -0.118. The van der Waals surface area contributed by atoms with Gasteiger partial charge in [-0.05, 0) is 61.4 Å². The van der Waals surface area contributed by atoms with Crippen molar-refractivity contribution in [3.63, 3.8) is 0 Å². The molecule has 0 fully saturated rings. The second kappa shape index (κ2) is 9.22. The standard InChI is InChI=1S/C24H32FN3O3/c1-5-6-7-17(22(30)26-16-10-8-15(25)9-11-16)28-23(31)21-14(2)20-18(27-21)12-24(3,4)13-19(20)29/h8-11,17,19,27,29H,5-7,12-13H2,1-4H3,(H,26,30)(H,28,31). The van der Waals surface area contributed by atoms with Crippen LogP contribution in [0.2, 0.25) is 0 Å². The van der Waals surface area contributed by atoms with Crippen LogP contribution < -0.4 is 10.6 Å². The fourth-order valence-corrected chi connectivity index (χ4v) is 4.34. The van der Waals surface area contributed by atoms with Crippen molar-refractivity contribution in [3.05, 3.63) is 52.6 Å². The first-order valence-electron chi connectivity index (χ1n) is 10.9. The summed E-state index contributed by atoms with van der Waals surface area (Å²) in [6, 6.07) is 4.79. The number of rotatable bonds is 7. The van der Waals surface area contributed by atoms with Gasteiger partial charge in [0, 0.05) is 16.9 Å². The number of nitrogens with one attached hydrogen (secondary N) is 3. The number of carbonyl (C=O) groups excluding carboxylic acids is 2. The zero-order valence-corrected chi connectivity index (χ0v) is 18.6. The maximum absolute atomic E-state index is 13.1. The van der Waals surface area contributed by atoms with E-state index in [1.807, 2.05) is 13.8 Å². The first-order valence-corrected chi connectivity index (χ1v) is 10.9. The Hall–Kier alpha value is -2.67. The number of anilines is 1. The van der Waals surface area contributed by atoms with Crippen molar-refractivity contribution in [1.82, 2.24) is 10.3 Å². The predicted molar refractivity (Wildman–Crippen MR) is 118 cm³/mol. The molecule has 168 valence electrons. The molecule has 1 heterocycles. The SMILES string of the molecule is CCCCC(NC(=O)c1[nH]c2c(c1C)C(O)CC(C)(C)C2)C(=O)Nc1ccc(F)cc1. The molecule has 1 aliphatic rings. The molecule has 2 aromatic rings. The van der Waals surface area contributed by atoms with Gasteiger partial charge < -0.3 is 20.7 Å². The van der Waals surface area contributed by atoms with E-state index in [1.54, 1.807) is 0 Å². The Kier molecular flexibility index (Phi) is 6.84. The molecule has 1 aliphatic carbocycles. The molecule has 1 aromatic carbocycles. The number of unbranched alkanes of at least 4 members (excludes halogenated alkanes) is 1. The maximum Gasteiger partial charge on any atom is 0.268 e. The summed E-state index contributed by atoms with van der Waals surface area (Å²) < 4.78 is 13.1. The summed E-state index contributed by atoms with van der Waals surface area (Å²) >= 11 is 0. The second-order valence-corrected chi connectivity index (χ2v) is 9.24. The number of benzene rings is 1. The lowest BCUT2D eigenvalue weighted by atomic mass is 9.75. The van der Waals surface area contributed by atoms with Crippen molar-refractivity contribution in [2.75, 3.05) is 5.32 Å². The van der Waals surface area contributed by atoms with E-state index in [-0.39, 0.29) is 23.0 Å². The molecular weight excluding hydrogens is 397 g/mol. The van der Waals surface area contributed by atoms with Crippen molar-refractivity contribution < 1.29 is 19.1 Å². The minimum Gasteiger partial charge on any atom is -0.388 e. The van der Waals surface area contributed by atoms with Crippen LogP contribution in [0.5, 0.6) is 0 Å². The van der Waals surface area contributed by atoms with Crippen LogP contribution in [0.4, 0.5) is 10.1 Å². The molecule has 3 rings (SSSR count). The number of aromatic nitrogens is 1. The molecule has 0 bridgehead atoms. The number of fused-ring (bicyclic) bond motifs is 1. The van der Waals surface area contributed by atoms with Crippen LogP contribution in [-0.4, -0.2) is 27.9 Å². The van der Waals surface area contributed by atoms with Gasteiger partial charge in [0.05, 0.1) is 6.10 Å². The minimum absolute atomic E-state index is 0.0594. The Labute approximate surface area is 182 Å². The molecular formula is C24H32FN3O3. The van der Waals surface area contributed by atoms with Gasteiger partial charge in [-0.3, -0.25) is 9.59 Å². The lowest BCUT2D eigenvalue weighted by Crippen LogP contribution is -2.44. The Morgan fingerprint density at radius 2 is 1.97 bits per heavy atom. The molecule has 0 radical (unpaired) electrons. The number of halogens is 1. The fourth-order valence-electron chi connectivity index (χ4n) is 4.34. The van der Waals surface area contributed by atoms with Crippen LogP contribution in [0.25, 0.3) is 0 Å². The monoisotopic (exact) mass is 429 g/mol. The Morgan fingerprint density at radius 3 is 2.61 bits per heavy atom. The summed E-state index contributed by atoms with van der Waals surface area (Å²) in [5.41, 5.74) is 3.20. The van der Waals surface area contributed by atoms with Gasteiger partial charge in [-0.2, -0.15) is 0 Å². The Bertz CT molecular complexity index is 950. The smallest absolute Gasteiger partial charge is 0.268 e. The van der Waals surface area contributed by atoms with Crippen molar-refractivity contribution in [1.29, 1.82) is 0 Å². The summed E-state index contributed by atoms with van der Waals surface area (Å²) in [6.45, 7) is 8.03. The van der Waals surface area contributed by atoms with E-state index in [9.17, 15) is 19.1 Å². The van der Waals surface area contributed by atoms with Gasteiger partial charge in [-0.25, -0.2) is 4.39 Å². The van der Waals surface area contributed by atoms with Gasteiger partial charge in [-0.15, -0.1) is 0 Å². The Morgan fingerprint density at radius 1 is 1.29 bits per heavy atom. The van der Waals surface area contributed by atoms with E-state index in [4.69, 9.17) is 0 Å². The summed E-state index contributed by atoms with van der Waals surface area (Å²) in [4.78, 5) is 29.1. The van der Waals surface area contributed by atoms with Crippen molar-refractivity contribution in [2.45, 2.75) is 71.9 Å². The number of H-pyrrole nitrogens is 1. The topological polar surface area (TPSA) is 94.2 Å². The molecule has 4 N–H and O–H groups in total. The predicted octanol–water partition coefficient (Wildman–Crippen LogP) is 4.40. The summed E-state index contributed by atoms with van der Waals surface area (Å²) in [6.07, 6.45) is 2.91. The van der Waals surface area contributed by atoms with E-state index in [0.717, 1.165) is 36.1 Å². The minimum atomic E-state index is -0.724. The van der Waals surface area contributed by atoms with Crippen molar-refractivity contribution in [2.24, 2.45) is 5.41 Å². The van der Waals surface area contributed by atoms with Crippen LogP contribution in [0.1, 0.15) is 79.9 Å². The number of hydrogen-bond acceptors (Lipinski definition) is 3. The summed E-state index contributed by atoms with van der Waals surface area (Å²) in [7, 11) is 0. The fraction of sp³-hybridized carbons (Fsp3) is 0.500. The molecule has 7 heteroatoms. The number of aromatic amines is 1. The third-order valence-corrected chi connectivity index (χ3v) is 5.92. The second-order valence-electron chi connectivity index (χ2n) is 9.24. The third-order valence-electron chi connectivity index (χ3n) is 5.92. The highest BCUT2D eigenvalue weighted by molar-refractivity contribution is 6.01. The molecule has 2 amide bonds. The third kappa shape index (κ3) is 5.34. The molecule has 31 heavy (non-hydrogen) atoms. The van der Waals surface area contributed by atoms with Crippen molar-refractivity contribution >= 4 is 17.5 Å². The highest BCUT2D eigenvalue weighted by Crippen LogP contribution is 2.42. The summed E-state index contributed by atoms with van der Waals surface area (Å²) in [5, 5.41) is 16.2. The average molecular weight is 430 g/mol. The number of carbonyl (C=O) groups is 2. The molecule has 0 aliphatic heterocycles. The van der Waals surface area contributed by atoms with Crippen LogP contribution in [-0.2, 0) is 11.2 Å². The van der Waals surface area contributed by atoms with Crippen LogP contribution >= 0.6 is 0 Å². The average Bonchev–Trinajstić information content (AvgIpc) is 3.02. The van der Waals surface area contributed by atoms with Crippen LogP contribution in [0.15, 0.2) is 24.3 Å². The zero-order valence-electron chi connectivity index (χ0n) is 18.6. The van der Waals surface area contributed by atoms with Crippen molar-refractivity contribution in [3.8, 4) is 0 Å². The van der Waals surface area contributed by atoms with E-state index < -0.39 is 12.1 Å². The Balaban J connectivity index is 1.78. The number of aliphatic hydroxyl groups is 1. The van der Waals surface area contributed by atoms with Crippen LogP contribution in [0, 0.1) is 18.2 Å². The van der Waals surface area contributed by atoms with Gasteiger partial charge in [-0.1, -0.05) is 33.6 Å². The van der Waals surface area contributed by atoms with Gasteiger partial charge in [0.1, 0.15) is 17.6 Å². The normalized spacial score (nSPS) is 18.2. The highest BCUT2D eigenvalue weighted by Gasteiger charge is 2.35. The zero-order chi connectivity index (χ0) is 22.8. The van der Waals surface area contributed by atoms with Crippen LogP contribution in [0.3, 0.4) is 0 Å². The molecule has 2 atom stereocenters. The maximum atomic E-state index is 13.1. The first kappa shape index (κ1) is 23.0. The van der Waals surface area contributed by atoms with E-state index >= 15 is 0 Å². The highest BCUT2D eigenvalue weighted by atomic mass is 19.1. The number of aliphatic hydroxyl groups excluding tert-OH is 1. The van der Waals surface area contributed by atoms with E-state index in [0.29, 0.717) is 24.2 Å². The largest absolute Gasteiger partial charge is 0.388 e. The molecule has 2 unspecified atom stereocenters. The summed E-state index contributed by atoms with van der Waals surface area (Å²) in [5.74, 6) is -1.10. The lowest BCUT2D eigenvalue weighted by Gasteiger charge is -2.33. The molecule has 0 saturated carbocycles. The van der Waals surface area contributed by atoms with Gasteiger partial charge >= 0.3 is 0 Å². The quantitative estimate of drug-likeness (QED) is 0.526. The van der Waals surface area contributed by atoms with E-state index in [1.165, 1.54) is 24.3 Å². The molecule has 6 nitrogen and oxygen atoms in total. The van der Waals surface area contributed by atoms with Gasteiger partial charge in [0.2, 0.25) is 5.91 Å². The first-order chi connectivity index (χ1) is 14.6. The number of amides is 2.